The highest BCUT2D eigenvalue weighted by atomic mass is 16.3. The van der Waals surface area contributed by atoms with E-state index in [9.17, 15) is 0 Å². The minimum atomic E-state index is -0.0220. The molecule has 0 atom stereocenters. The fourth-order valence-corrected chi connectivity index (χ4v) is 1.31. The average molecular weight is 143 g/mol. The zero-order valence-electron chi connectivity index (χ0n) is 7.04. The monoisotopic (exact) mass is 143 g/mol. The molecule has 0 aliphatic heterocycles. The smallest absolute Gasteiger partial charge is 0.0570 e. The van der Waals surface area contributed by atoms with Crippen molar-refractivity contribution < 1.29 is 5.11 Å². The molecular formula is C8H17NO. The van der Waals surface area contributed by atoms with E-state index in [2.05, 4.69) is 25.8 Å². The van der Waals surface area contributed by atoms with Gasteiger partial charge in [0, 0.05) is 12.1 Å². The number of rotatable bonds is 2. The molecule has 1 N–H and O–H groups in total. The van der Waals surface area contributed by atoms with Crippen LogP contribution in [0.2, 0.25) is 0 Å². The maximum Gasteiger partial charge on any atom is 0.0570 e. The molecule has 0 saturated heterocycles. The van der Waals surface area contributed by atoms with E-state index in [0.29, 0.717) is 12.1 Å². The van der Waals surface area contributed by atoms with Gasteiger partial charge in [0.15, 0.2) is 0 Å². The van der Waals surface area contributed by atoms with Gasteiger partial charge in [-0.05, 0) is 33.7 Å². The van der Waals surface area contributed by atoms with Crippen LogP contribution in [0.25, 0.3) is 0 Å². The van der Waals surface area contributed by atoms with Gasteiger partial charge in [-0.1, -0.05) is 0 Å². The molecular weight excluding hydrogens is 126 g/mol. The quantitative estimate of drug-likeness (QED) is 0.619. The van der Waals surface area contributed by atoms with Crippen molar-refractivity contribution in [2.45, 2.75) is 44.9 Å². The number of aliphatic hydroxyl groups is 1. The molecule has 1 rings (SSSR count). The molecule has 1 aliphatic rings. The molecule has 0 aromatic rings. The number of nitrogens with zero attached hydrogens (tertiary/aromatic N) is 1. The van der Waals surface area contributed by atoms with E-state index in [1.807, 2.05) is 0 Å². The lowest BCUT2D eigenvalue weighted by atomic mass is 9.88. The lowest BCUT2D eigenvalue weighted by molar-refractivity contribution is 0.00124. The Morgan fingerprint density at radius 2 is 1.90 bits per heavy atom. The normalized spacial score (nSPS) is 33.0. The summed E-state index contributed by atoms with van der Waals surface area (Å²) >= 11 is 0. The molecule has 0 unspecified atom stereocenters. The predicted octanol–water partition coefficient (Wildman–Crippen LogP) is 0.850. The van der Waals surface area contributed by atoms with Crippen LogP contribution in [0.15, 0.2) is 0 Å². The summed E-state index contributed by atoms with van der Waals surface area (Å²) in [6.07, 6.45) is 1.91. The lowest BCUT2D eigenvalue weighted by Crippen LogP contribution is -2.47. The zero-order valence-corrected chi connectivity index (χ0v) is 7.04. The summed E-state index contributed by atoms with van der Waals surface area (Å²) in [5.74, 6) is 0. The van der Waals surface area contributed by atoms with Crippen LogP contribution < -0.4 is 0 Å². The Bertz CT molecular complexity index is 108. The van der Waals surface area contributed by atoms with Crippen LogP contribution in [-0.2, 0) is 0 Å². The summed E-state index contributed by atoms with van der Waals surface area (Å²) in [5.41, 5.74) is 0. The van der Waals surface area contributed by atoms with Crippen molar-refractivity contribution in [2.75, 3.05) is 7.05 Å². The molecule has 1 aliphatic carbocycles. The van der Waals surface area contributed by atoms with Crippen molar-refractivity contribution in [3.8, 4) is 0 Å². The van der Waals surface area contributed by atoms with Gasteiger partial charge < -0.3 is 10.0 Å². The lowest BCUT2D eigenvalue weighted by Gasteiger charge is -2.40. The SMILES string of the molecule is CC(C)N(C)[C@H]1C[C@H](O)C1. The van der Waals surface area contributed by atoms with Crippen molar-refractivity contribution in [2.24, 2.45) is 0 Å². The van der Waals surface area contributed by atoms with Crippen molar-refractivity contribution in [3.63, 3.8) is 0 Å². The summed E-state index contributed by atoms with van der Waals surface area (Å²) in [6.45, 7) is 4.37. The van der Waals surface area contributed by atoms with Gasteiger partial charge in [0.05, 0.1) is 6.10 Å². The highest BCUT2D eigenvalue weighted by molar-refractivity contribution is 4.86. The second-order valence-corrected chi connectivity index (χ2v) is 3.54. The predicted molar refractivity (Wildman–Crippen MR) is 41.9 cm³/mol. The van der Waals surface area contributed by atoms with Crippen LogP contribution >= 0.6 is 0 Å². The molecule has 0 aromatic heterocycles. The first-order valence-electron chi connectivity index (χ1n) is 4.01. The van der Waals surface area contributed by atoms with Crippen LogP contribution in [0, 0.1) is 0 Å². The van der Waals surface area contributed by atoms with E-state index in [-0.39, 0.29) is 6.10 Å². The maximum absolute atomic E-state index is 9.02. The van der Waals surface area contributed by atoms with Gasteiger partial charge in [-0.3, -0.25) is 0 Å². The molecule has 2 heteroatoms. The Balaban J connectivity index is 2.24. The van der Waals surface area contributed by atoms with E-state index in [4.69, 9.17) is 5.11 Å². The molecule has 0 spiro atoms. The zero-order chi connectivity index (χ0) is 7.72. The molecule has 60 valence electrons. The van der Waals surface area contributed by atoms with Gasteiger partial charge in [0.1, 0.15) is 0 Å². The van der Waals surface area contributed by atoms with Gasteiger partial charge >= 0.3 is 0 Å². The Morgan fingerprint density at radius 3 is 2.20 bits per heavy atom. The Hall–Kier alpha value is -0.0800. The highest BCUT2D eigenvalue weighted by Crippen LogP contribution is 2.25. The van der Waals surface area contributed by atoms with Crippen LogP contribution in [0.3, 0.4) is 0 Å². The topological polar surface area (TPSA) is 23.5 Å². The van der Waals surface area contributed by atoms with E-state index >= 15 is 0 Å². The van der Waals surface area contributed by atoms with Gasteiger partial charge in [-0.2, -0.15) is 0 Å². The number of aliphatic hydroxyl groups excluding tert-OH is 1. The summed E-state index contributed by atoms with van der Waals surface area (Å²) in [4.78, 5) is 2.33. The first kappa shape index (κ1) is 8.02. The molecule has 0 bridgehead atoms. The Labute approximate surface area is 62.8 Å². The van der Waals surface area contributed by atoms with E-state index in [0.717, 1.165) is 12.8 Å². The van der Waals surface area contributed by atoms with E-state index in [1.165, 1.54) is 0 Å². The molecule has 0 aromatic carbocycles. The summed E-state index contributed by atoms with van der Waals surface area (Å²) < 4.78 is 0. The maximum atomic E-state index is 9.02. The fraction of sp³-hybridized carbons (Fsp3) is 1.00. The van der Waals surface area contributed by atoms with Gasteiger partial charge in [-0.15, -0.1) is 0 Å². The van der Waals surface area contributed by atoms with Gasteiger partial charge in [0.25, 0.3) is 0 Å². The third-order valence-electron chi connectivity index (χ3n) is 2.48. The van der Waals surface area contributed by atoms with Crippen LogP contribution in [-0.4, -0.2) is 35.2 Å². The molecule has 0 radical (unpaired) electrons. The fourth-order valence-electron chi connectivity index (χ4n) is 1.31. The minimum absolute atomic E-state index is 0.0220. The van der Waals surface area contributed by atoms with Crippen LogP contribution in [0.1, 0.15) is 26.7 Å². The van der Waals surface area contributed by atoms with Crippen molar-refractivity contribution in [1.82, 2.24) is 4.90 Å². The van der Waals surface area contributed by atoms with Crippen LogP contribution in [0.5, 0.6) is 0 Å². The third-order valence-corrected chi connectivity index (χ3v) is 2.48. The highest BCUT2D eigenvalue weighted by Gasteiger charge is 2.30. The van der Waals surface area contributed by atoms with Crippen LogP contribution in [0.4, 0.5) is 0 Å². The molecule has 1 saturated carbocycles. The molecule has 0 amide bonds. The Morgan fingerprint density at radius 1 is 1.40 bits per heavy atom. The summed E-state index contributed by atoms with van der Waals surface area (Å²) in [5, 5.41) is 9.02. The second-order valence-electron chi connectivity index (χ2n) is 3.54. The molecule has 0 heterocycles. The van der Waals surface area contributed by atoms with Gasteiger partial charge in [0.2, 0.25) is 0 Å². The number of hydrogen-bond acceptors (Lipinski definition) is 2. The summed E-state index contributed by atoms with van der Waals surface area (Å²) in [7, 11) is 2.13. The van der Waals surface area contributed by atoms with Gasteiger partial charge in [-0.25, -0.2) is 0 Å². The molecule has 10 heavy (non-hydrogen) atoms. The molecule has 1 fully saturated rings. The van der Waals surface area contributed by atoms with E-state index in [1.54, 1.807) is 0 Å². The summed E-state index contributed by atoms with van der Waals surface area (Å²) in [6, 6.07) is 1.24. The molecule has 2 nitrogen and oxygen atoms in total. The van der Waals surface area contributed by atoms with Crippen molar-refractivity contribution in [3.05, 3.63) is 0 Å². The van der Waals surface area contributed by atoms with Crippen molar-refractivity contribution in [1.29, 1.82) is 0 Å². The standard InChI is InChI=1S/C8H17NO/c1-6(2)9(3)7-4-8(10)5-7/h6-8,10H,4-5H2,1-3H3/t7-,8-. The average Bonchev–Trinajstić information content (AvgIpc) is 1.79. The first-order chi connectivity index (χ1) is 4.61. The van der Waals surface area contributed by atoms with E-state index < -0.39 is 0 Å². The second kappa shape index (κ2) is 2.89. The minimum Gasteiger partial charge on any atom is -0.393 e. The van der Waals surface area contributed by atoms with Crippen molar-refractivity contribution >= 4 is 0 Å². The third kappa shape index (κ3) is 1.50. The largest absolute Gasteiger partial charge is 0.393 e. The Kier molecular flexibility index (Phi) is 2.32. The first-order valence-corrected chi connectivity index (χ1v) is 4.01. The number of hydrogen-bond donors (Lipinski definition) is 1.